The predicted octanol–water partition coefficient (Wildman–Crippen LogP) is 2.42. The molecule has 5 atom stereocenters. The number of anilines is 1. The lowest BCUT2D eigenvalue weighted by molar-refractivity contribution is -0.0483. The Balaban J connectivity index is 1.55. The molecule has 4 rings (SSSR count). The molecule has 0 aromatic carbocycles. The molecule has 2 aromatic rings. The zero-order valence-corrected chi connectivity index (χ0v) is 20.6. The van der Waals surface area contributed by atoms with Gasteiger partial charge in [0.25, 0.3) is 0 Å². The molecule has 1 saturated carbocycles. The van der Waals surface area contributed by atoms with Crippen molar-refractivity contribution in [3.05, 3.63) is 11.6 Å². The Morgan fingerprint density at radius 2 is 2.00 bits per heavy atom. The monoisotopic (exact) mass is 543 g/mol. The van der Waals surface area contributed by atoms with E-state index >= 15 is 4.39 Å². The summed E-state index contributed by atoms with van der Waals surface area (Å²) < 4.78 is 55.3. The minimum absolute atomic E-state index is 0.0648. The van der Waals surface area contributed by atoms with E-state index in [0.717, 1.165) is 25.7 Å². The van der Waals surface area contributed by atoms with Crippen LogP contribution in [0.1, 0.15) is 31.9 Å². The normalized spacial score (nSPS) is 27.9. The molecule has 3 heterocycles. The van der Waals surface area contributed by atoms with Crippen LogP contribution in [0.5, 0.6) is 0 Å². The van der Waals surface area contributed by atoms with Crippen molar-refractivity contribution in [2.24, 2.45) is 0 Å². The Hall–Kier alpha value is -1.21. The van der Waals surface area contributed by atoms with Gasteiger partial charge in [0.2, 0.25) is 5.28 Å². The lowest BCUT2D eigenvalue weighted by Gasteiger charge is -2.19. The van der Waals surface area contributed by atoms with Crippen molar-refractivity contribution in [1.82, 2.24) is 19.5 Å². The smallest absolute Gasteiger partial charge is 0.340 e. The number of hydrogen-bond acceptors (Lipinski definition) is 9. The highest BCUT2D eigenvalue weighted by atomic mass is 35.5. The Bertz CT molecular complexity index is 1130. The molecule has 13 nitrogen and oxygen atoms in total. The van der Waals surface area contributed by atoms with Gasteiger partial charge in [-0.15, -0.1) is 0 Å². The van der Waals surface area contributed by atoms with Gasteiger partial charge in [0.1, 0.15) is 12.2 Å². The van der Waals surface area contributed by atoms with Crippen molar-refractivity contribution in [2.75, 3.05) is 24.9 Å². The average molecular weight is 544 g/mol. The first-order chi connectivity index (χ1) is 16.0. The molecule has 0 amide bonds. The van der Waals surface area contributed by atoms with Crippen molar-refractivity contribution in [3.63, 3.8) is 0 Å². The topological polar surface area (TPSA) is 178 Å². The fourth-order valence-electron chi connectivity index (χ4n) is 4.24. The Labute approximate surface area is 198 Å². The number of ether oxygens (including phenoxy) is 2. The van der Waals surface area contributed by atoms with E-state index in [1.807, 2.05) is 0 Å². The van der Waals surface area contributed by atoms with Gasteiger partial charge >= 0.3 is 15.2 Å². The predicted molar refractivity (Wildman–Crippen MR) is 119 cm³/mol. The number of aromatic nitrogens is 4. The second-order valence-corrected chi connectivity index (χ2v) is 12.6. The molecule has 1 aliphatic heterocycles. The third kappa shape index (κ3) is 5.77. The molecular weight excluding hydrogens is 519 g/mol. The fourth-order valence-corrected chi connectivity index (χ4v) is 6.97. The van der Waals surface area contributed by atoms with Crippen LogP contribution in [0, 0.1) is 0 Å². The molecule has 2 aliphatic rings. The highest BCUT2D eigenvalue weighted by Crippen LogP contribution is 2.55. The van der Waals surface area contributed by atoms with E-state index in [1.165, 1.54) is 18.0 Å². The molecule has 0 bridgehead atoms. The molecule has 1 aliphatic carbocycles. The minimum atomic E-state index is -4.81. The van der Waals surface area contributed by atoms with Gasteiger partial charge < -0.3 is 34.0 Å². The molecule has 0 spiro atoms. The number of fused-ring (bicyclic) bond motifs is 1. The van der Waals surface area contributed by atoms with Crippen molar-refractivity contribution in [2.45, 2.75) is 56.3 Å². The zero-order chi connectivity index (χ0) is 24.7. The lowest BCUT2D eigenvalue weighted by Crippen LogP contribution is -2.33. The van der Waals surface area contributed by atoms with Gasteiger partial charge in [0.15, 0.2) is 35.3 Å². The fraction of sp³-hybridized carbons (Fsp3) is 0.706. The summed E-state index contributed by atoms with van der Waals surface area (Å²) in [5.74, 6) is -0.943. The quantitative estimate of drug-likeness (QED) is 0.268. The Kier molecular flexibility index (Phi) is 7.64. The summed E-state index contributed by atoms with van der Waals surface area (Å²) in [5.41, 5.74) is 0.598. The number of nitrogens with zero attached hydrogens (tertiary/aromatic N) is 4. The number of methoxy groups -OCH3 is 1. The van der Waals surface area contributed by atoms with E-state index < -0.39 is 52.3 Å². The summed E-state index contributed by atoms with van der Waals surface area (Å²) in [6.07, 6.45) is 0.0947. The standard InChI is InChI=1S/C17H25ClFN5O8P2/c1-30-13-10(6-31-34(28,29)8-33(25,26)27)32-16(11(13)19)24-7-20-12-14(21-9-4-2-3-5-9)22-17(18)23-15(12)24/h7,9-11,13,16H,2-6,8H2,1H3,(H,28,29)(H,21,22,23)(H2,25,26,27)/t10-,11+,13-,16-/m1/s1. The first kappa shape index (κ1) is 25.9. The van der Waals surface area contributed by atoms with Crippen LogP contribution >= 0.6 is 26.8 Å². The van der Waals surface area contributed by atoms with Crippen LogP contribution in [0.3, 0.4) is 0 Å². The molecule has 1 saturated heterocycles. The van der Waals surface area contributed by atoms with Crippen molar-refractivity contribution < 1.29 is 42.2 Å². The summed E-state index contributed by atoms with van der Waals surface area (Å²) in [4.78, 5) is 40.3. The first-order valence-electron chi connectivity index (χ1n) is 10.5. The van der Waals surface area contributed by atoms with Crippen LogP contribution in [-0.2, 0) is 23.1 Å². The average Bonchev–Trinajstić information content (AvgIpc) is 3.44. The molecule has 34 heavy (non-hydrogen) atoms. The molecule has 1 unspecified atom stereocenters. The summed E-state index contributed by atoms with van der Waals surface area (Å²) >= 11 is 6.11. The summed E-state index contributed by atoms with van der Waals surface area (Å²) in [7, 11) is -8.23. The molecule has 4 N–H and O–H groups in total. The number of nitrogens with one attached hydrogen (secondary N) is 1. The van der Waals surface area contributed by atoms with Crippen molar-refractivity contribution in [3.8, 4) is 0 Å². The van der Waals surface area contributed by atoms with Gasteiger partial charge in [0, 0.05) is 13.2 Å². The maximum absolute atomic E-state index is 15.3. The van der Waals surface area contributed by atoms with Gasteiger partial charge in [-0.05, 0) is 24.4 Å². The maximum atomic E-state index is 15.3. The van der Waals surface area contributed by atoms with Gasteiger partial charge in [-0.25, -0.2) is 9.37 Å². The third-order valence-corrected chi connectivity index (χ3v) is 9.33. The van der Waals surface area contributed by atoms with E-state index in [4.69, 9.17) is 35.4 Å². The summed E-state index contributed by atoms with van der Waals surface area (Å²) in [5, 5.41) is 3.25. The van der Waals surface area contributed by atoms with Crippen LogP contribution in [0.15, 0.2) is 6.33 Å². The second-order valence-electron chi connectivity index (χ2n) is 8.24. The maximum Gasteiger partial charge on any atom is 0.340 e. The van der Waals surface area contributed by atoms with E-state index in [9.17, 15) is 14.0 Å². The SMILES string of the molecule is CO[C@H]1[C@H](F)[C@H](n2cnc3c(NC4CCCC4)nc(Cl)nc32)O[C@@H]1COP(=O)(O)CP(=O)(O)O. The van der Waals surface area contributed by atoms with Crippen LogP contribution in [0.2, 0.25) is 5.28 Å². The highest BCUT2D eigenvalue weighted by Gasteiger charge is 2.48. The number of alkyl halides is 1. The van der Waals surface area contributed by atoms with Gasteiger partial charge in [-0.2, -0.15) is 9.97 Å². The number of halogens is 2. The van der Waals surface area contributed by atoms with Gasteiger partial charge in [-0.1, -0.05) is 12.8 Å². The zero-order valence-electron chi connectivity index (χ0n) is 18.0. The molecule has 190 valence electrons. The summed E-state index contributed by atoms with van der Waals surface area (Å²) in [6, 6.07) is 0.220. The number of rotatable bonds is 9. The van der Waals surface area contributed by atoms with Gasteiger partial charge in [-0.3, -0.25) is 13.7 Å². The highest BCUT2D eigenvalue weighted by molar-refractivity contribution is 7.70. The van der Waals surface area contributed by atoms with Gasteiger partial charge in [0.05, 0.1) is 12.9 Å². The molecule has 2 aromatic heterocycles. The van der Waals surface area contributed by atoms with Crippen LogP contribution in [0.4, 0.5) is 10.2 Å². The van der Waals surface area contributed by atoms with E-state index in [-0.39, 0.29) is 17.0 Å². The first-order valence-corrected chi connectivity index (χ1v) is 14.4. The second kappa shape index (κ2) is 10.0. The van der Waals surface area contributed by atoms with Crippen LogP contribution in [0.25, 0.3) is 11.2 Å². The van der Waals surface area contributed by atoms with Crippen molar-refractivity contribution >= 4 is 43.8 Å². The largest absolute Gasteiger partial charge is 0.375 e. The van der Waals surface area contributed by atoms with Crippen LogP contribution in [-0.4, -0.2) is 78.2 Å². The lowest BCUT2D eigenvalue weighted by atomic mass is 10.1. The molecule has 2 fully saturated rings. The minimum Gasteiger partial charge on any atom is -0.375 e. The van der Waals surface area contributed by atoms with E-state index in [2.05, 4.69) is 20.3 Å². The molecule has 0 radical (unpaired) electrons. The molecular formula is C17H25ClFN5O8P2. The number of imidazole rings is 1. The van der Waals surface area contributed by atoms with E-state index in [0.29, 0.717) is 11.3 Å². The third-order valence-electron chi connectivity index (χ3n) is 5.71. The Morgan fingerprint density at radius 1 is 1.29 bits per heavy atom. The van der Waals surface area contributed by atoms with E-state index in [1.54, 1.807) is 0 Å². The Morgan fingerprint density at radius 3 is 2.65 bits per heavy atom. The summed E-state index contributed by atoms with van der Waals surface area (Å²) in [6.45, 7) is -0.639. The molecule has 17 heteroatoms. The number of hydrogen-bond donors (Lipinski definition) is 4. The van der Waals surface area contributed by atoms with Crippen molar-refractivity contribution in [1.29, 1.82) is 0 Å². The van der Waals surface area contributed by atoms with Crippen LogP contribution < -0.4 is 5.32 Å².